The molecule has 1 N–H and O–H groups in total. The van der Waals surface area contributed by atoms with E-state index >= 15 is 0 Å². The van der Waals surface area contributed by atoms with Crippen molar-refractivity contribution in [3.8, 4) is 5.75 Å². The van der Waals surface area contributed by atoms with Crippen LogP contribution >= 0.6 is 22.7 Å². The second-order valence-electron chi connectivity index (χ2n) is 5.20. The molecule has 1 saturated heterocycles. The third kappa shape index (κ3) is 2.10. The summed E-state index contributed by atoms with van der Waals surface area (Å²) in [5.74, 6) is 1.02. The van der Waals surface area contributed by atoms with Crippen molar-refractivity contribution in [3.63, 3.8) is 0 Å². The van der Waals surface area contributed by atoms with Crippen LogP contribution in [0, 0.1) is 6.92 Å². The lowest BCUT2D eigenvalue weighted by atomic mass is 10.1. The molecule has 5 heteroatoms. The van der Waals surface area contributed by atoms with Crippen molar-refractivity contribution in [2.24, 2.45) is 0 Å². The van der Waals surface area contributed by atoms with Crippen LogP contribution in [0.2, 0.25) is 0 Å². The predicted molar refractivity (Wildman–Crippen MR) is 86.3 cm³/mol. The van der Waals surface area contributed by atoms with Crippen LogP contribution in [0.4, 0.5) is 0 Å². The van der Waals surface area contributed by atoms with Gasteiger partial charge in [-0.1, -0.05) is 0 Å². The molecule has 104 valence electrons. The van der Waals surface area contributed by atoms with Crippen LogP contribution < -0.4 is 10.1 Å². The minimum absolute atomic E-state index is 0.290. The van der Waals surface area contributed by atoms with Crippen LogP contribution in [0.5, 0.6) is 5.75 Å². The molecule has 0 bridgehead atoms. The molecule has 1 unspecified atom stereocenters. The van der Waals surface area contributed by atoms with E-state index in [4.69, 9.17) is 4.74 Å². The Morgan fingerprint density at radius 2 is 2.40 bits per heavy atom. The summed E-state index contributed by atoms with van der Waals surface area (Å²) in [7, 11) is 0. The number of nitrogens with one attached hydrogen (secondary N) is 1. The number of rotatable bonds is 2. The lowest BCUT2D eigenvalue weighted by Crippen LogP contribution is -2.37. The number of aromatic nitrogens is 1. The molecule has 1 atom stereocenters. The normalized spacial score (nSPS) is 19.8. The lowest BCUT2D eigenvalue weighted by Gasteiger charge is -2.24. The van der Waals surface area contributed by atoms with Crippen molar-refractivity contribution in [1.82, 2.24) is 10.3 Å². The summed E-state index contributed by atoms with van der Waals surface area (Å²) in [6.07, 6.45) is 2.62. The molecule has 4 rings (SSSR count). The summed E-state index contributed by atoms with van der Waals surface area (Å²) >= 11 is 3.50. The molecular formula is C15H16N2OS2. The van der Waals surface area contributed by atoms with Crippen LogP contribution in [0.15, 0.2) is 17.5 Å². The summed E-state index contributed by atoms with van der Waals surface area (Å²) in [4.78, 5) is 4.66. The molecule has 0 saturated carbocycles. The second kappa shape index (κ2) is 4.98. The number of piperidine rings is 1. The number of fused-ring (bicyclic) bond motifs is 3. The summed E-state index contributed by atoms with van der Waals surface area (Å²) in [6, 6.07) is 4.32. The molecule has 3 nitrogen and oxygen atoms in total. The van der Waals surface area contributed by atoms with Crippen LogP contribution in [-0.4, -0.2) is 24.2 Å². The Morgan fingerprint density at radius 3 is 3.25 bits per heavy atom. The molecule has 1 aliphatic heterocycles. The fraction of sp³-hybridized carbons (Fsp3) is 0.400. The Bertz CT molecular complexity index is 756. The first-order chi connectivity index (χ1) is 9.81. The standard InChI is InChI=1S/C15H16N2OS2/c1-9-17-14-13(20-9)7-12(11-4-6-19-15(11)14)18-10-3-2-5-16-8-10/h4,6-7,10,16H,2-3,5,8H2,1H3. The SMILES string of the molecule is Cc1nc2c(cc(OC3CCCNC3)c3ccsc32)s1. The van der Waals surface area contributed by atoms with E-state index < -0.39 is 0 Å². The van der Waals surface area contributed by atoms with Gasteiger partial charge in [-0.05, 0) is 37.8 Å². The Labute approximate surface area is 125 Å². The molecule has 0 spiro atoms. The van der Waals surface area contributed by atoms with Crippen molar-refractivity contribution >= 4 is 43.0 Å². The van der Waals surface area contributed by atoms with Gasteiger partial charge < -0.3 is 10.1 Å². The van der Waals surface area contributed by atoms with Gasteiger partial charge in [-0.25, -0.2) is 4.98 Å². The molecule has 2 aromatic heterocycles. The molecule has 0 aliphatic carbocycles. The molecule has 0 amide bonds. The van der Waals surface area contributed by atoms with Crippen molar-refractivity contribution in [2.45, 2.75) is 25.9 Å². The van der Waals surface area contributed by atoms with Crippen molar-refractivity contribution in [1.29, 1.82) is 0 Å². The van der Waals surface area contributed by atoms with E-state index in [0.29, 0.717) is 6.10 Å². The average molecular weight is 304 g/mol. The summed E-state index contributed by atoms with van der Waals surface area (Å²) in [5.41, 5.74) is 1.13. The highest BCUT2D eigenvalue weighted by atomic mass is 32.1. The van der Waals surface area contributed by atoms with Crippen molar-refractivity contribution < 1.29 is 4.74 Å². The molecule has 1 aliphatic rings. The van der Waals surface area contributed by atoms with Crippen molar-refractivity contribution in [3.05, 3.63) is 22.5 Å². The molecule has 3 aromatic rings. The maximum Gasteiger partial charge on any atom is 0.130 e. The molecular weight excluding hydrogens is 288 g/mol. The maximum atomic E-state index is 6.27. The first-order valence-corrected chi connectivity index (χ1v) is 8.65. The van der Waals surface area contributed by atoms with Gasteiger partial charge in [0, 0.05) is 18.0 Å². The number of nitrogens with zero attached hydrogens (tertiary/aromatic N) is 1. The Balaban J connectivity index is 1.81. The maximum absolute atomic E-state index is 6.27. The summed E-state index contributed by atoms with van der Waals surface area (Å²) < 4.78 is 8.76. The van der Waals surface area contributed by atoms with Gasteiger partial charge in [0.25, 0.3) is 0 Å². The van der Waals surface area contributed by atoms with Crippen LogP contribution in [0.3, 0.4) is 0 Å². The number of ether oxygens (including phenoxy) is 1. The van der Waals surface area contributed by atoms with E-state index in [1.807, 2.05) is 0 Å². The Hall–Kier alpha value is -1.17. The Kier molecular flexibility index (Phi) is 3.13. The van der Waals surface area contributed by atoms with Crippen molar-refractivity contribution in [2.75, 3.05) is 13.1 Å². The molecule has 0 radical (unpaired) electrons. The zero-order valence-corrected chi connectivity index (χ0v) is 12.9. The van der Waals surface area contributed by atoms with Gasteiger partial charge in [-0.2, -0.15) is 0 Å². The number of thiophene rings is 1. The molecule has 20 heavy (non-hydrogen) atoms. The fourth-order valence-corrected chi connectivity index (χ4v) is 4.62. The quantitative estimate of drug-likeness (QED) is 0.778. The van der Waals surface area contributed by atoms with Crippen LogP contribution in [0.25, 0.3) is 20.3 Å². The third-order valence-electron chi connectivity index (χ3n) is 3.71. The van der Waals surface area contributed by atoms with Gasteiger partial charge in [-0.15, -0.1) is 22.7 Å². The lowest BCUT2D eigenvalue weighted by molar-refractivity contribution is 0.169. The predicted octanol–water partition coefficient (Wildman–Crippen LogP) is 3.95. The van der Waals surface area contributed by atoms with E-state index in [2.05, 4.69) is 34.7 Å². The minimum atomic E-state index is 0.290. The third-order valence-corrected chi connectivity index (χ3v) is 5.55. The largest absolute Gasteiger partial charge is 0.488 e. The molecule has 1 aromatic carbocycles. The van der Waals surface area contributed by atoms with Gasteiger partial charge >= 0.3 is 0 Å². The highest BCUT2D eigenvalue weighted by Gasteiger charge is 2.18. The monoisotopic (exact) mass is 304 g/mol. The zero-order valence-electron chi connectivity index (χ0n) is 11.3. The average Bonchev–Trinajstić information content (AvgIpc) is 3.05. The number of hydrogen-bond acceptors (Lipinski definition) is 5. The van der Waals surface area contributed by atoms with E-state index in [-0.39, 0.29) is 0 Å². The van der Waals surface area contributed by atoms with E-state index in [1.54, 1.807) is 22.7 Å². The fourth-order valence-electron chi connectivity index (χ4n) is 2.78. The first kappa shape index (κ1) is 12.6. The number of aryl methyl sites for hydroxylation is 1. The first-order valence-electron chi connectivity index (χ1n) is 6.96. The summed E-state index contributed by atoms with van der Waals surface area (Å²) in [6.45, 7) is 4.13. The van der Waals surface area contributed by atoms with Crippen LogP contribution in [0.1, 0.15) is 17.8 Å². The zero-order chi connectivity index (χ0) is 13.5. The van der Waals surface area contributed by atoms with Gasteiger partial charge in [0.1, 0.15) is 11.9 Å². The smallest absolute Gasteiger partial charge is 0.130 e. The highest BCUT2D eigenvalue weighted by Crippen LogP contribution is 2.39. The molecule has 3 heterocycles. The van der Waals surface area contributed by atoms with Gasteiger partial charge in [0.05, 0.1) is 19.9 Å². The van der Waals surface area contributed by atoms with Gasteiger partial charge in [-0.3, -0.25) is 0 Å². The summed E-state index contributed by atoms with van der Waals surface area (Å²) in [5, 5.41) is 7.86. The van der Waals surface area contributed by atoms with E-state index in [9.17, 15) is 0 Å². The second-order valence-corrected chi connectivity index (χ2v) is 7.35. The van der Waals surface area contributed by atoms with E-state index in [0.717, 1.165) is 35.8 Å². The van der Waals surface area contributed by atoms with Gasteiger partial charge in [0.15, 0.2) is 0 Å². The highest BCUT2D eigenvalue weighted by molar-refractivity contribution is 7.21. The molecule has 1 fully saturated rings. The minimum Gasteiger partial charge on any atom is -0.488 e. The topological polar surface area (TPSA) is 34.1 Å². The van der Waals surface area contributed by atoms with Crippen LogP contribution in [-0.2, 0) is 0 Å². The Morgan fingerprint density at radius 1 is 1.45 bits per heavy atom. The number of hydrogen-bond donors (Lipinski definition) is 1. The number of thiazole rings is 1. The van der Waals surface area contributed by atoms with Gasteiger partial charge in [0.2, 0.25) is 0 Å². The number of benzene rings is 1. The van der Waals surface area contributed by atoms with E-state index in [1.165, 1.54) is 21.2 Å².